The second kappa shape index (κ2) is 3.78. The van der Waals surface area contributed by atoms with Gasteiger partial charge in [-0.3, -0.25) is 4.79 Å². The smallest absolute Gasteiger partial charge is 0.231 e. The zero-order chi connectivity index (χ0) is 13.9. The van der Waals surface area contributed by atoms with Crippen LogP contribution in [0.5, 0.6) is 17.2 Å². The van der Waals surface area contributed by atoms with E-state index >= 15 is 0 Å². The van der Waals surface area contributed by atoms with Gasteiger partial charge in [-0.05, 0) is 11.5 Å². The lowest BCUT2D eigenvalue weighted by Gasteiger charge is -2.34. The molecule has 0 radical (unpaired) electrons. The topological polar surface area (TPSA) is 44.8 Å². The van der Waals surface area contributed by atoms with Gasteiger partial charge in [0, 0.05) is 36.5 Å². The molecule has 0 N–H and O–H groups in total. The number of hydrogen-bond acceptors (Lipinski definition) is 4. The number of ketones is 1. The highest BCUT2D eigenvalue weighted by Gasteiger charge is 2.37. The van der Waals surface area contributed by atoms with Crippen molar-refractivity contribution in [3.05, 3.63) is 29.0 Å². The van der Waals surface area contributed by atoms with E-state index in [0.29, 0.717) is 18.6 Å². The molecule has 0 unspecified atom stereocenters. The van der Waals surface area contributed by atoms with Crippen LogP contribution in [0.1, 0.15) is 32.3 Å². The molecular formula is C16H16O4. The van der Waals surface area contributed by atoms with Crippen LogP contribution in [0.25, 0.3) is 0 Å². The number of allylic oxidation sites excluding steroid dienone is 2. The molecule has 3 aliphatic rings. The number of benzene rings is 1. The third-order valence-electron chi connectivity index (χ3n) is 4.11. The fraction of sp³-hybridized carbons (Fsp3) is 0.438. The predicted molar refractivity (Wildman–Crippen MR) is 71.9 cm³/mol. The van der Waals surface area contributed by atoms with Crippen molar-refractivity contribution in [3.63, 3.8) is 0 Å². The fourth-order valence-electron chi connectivity index (χ4n) is 3.12. The van der Waals surface area contributed by atoms with Gasteiger partial charge in [-0.15, -0.1) is 0 Å². The Morgan fingerprint density at radius 2 is 1.80 bits per heavy atom. The summed E-state index contributed by atoms with van der Waals surface area (Å²) in [6.45, 7) is 4.46. The van der Waals surface area contributed by atoms with Crippen LogP contribution in [-0.2, 0) is 11.2 Å². The number of Topliss-reactive ketones (excluding diaryl/α,β-unsaturated/α-hetero) is 1. The summed E-state index contributed by atoms with van der Waals surface area (Å²) >= 11 is 0. The quantitative estimate of drug-likeness (QED) is 0.728. The Labute approximate surface area is 117 Å². The van der Waals surface area contributed by atoms with Crippen LogP contribution in [0.3, 0.4) is 0 Å². The van der Waals surface area contributed by atoms with Gasteiger partial charge >= 0.3 is 0 Å². The Hall–Kier alpha value is -1.97. The summed E-state index contributed by atoms with van der Waals surface area (Å²) in [4.78, 5) is 12.3. The van der Waals surface area contributed by atoms with Crippen molar-refractivity contribution in [1.29, 1.82) is 0 Å². The second-order valence-electron chi connectivity index (χ2n) is 6.43. The van der Waals surface area contributed by atoms with Crippen molar-refractivity contribution in [3.8, 4) is 17.2 Å². The van der Waals surface area contributed by atoms with Crippen LogP contribution in [0.4, 0.5) is 0 Å². The maximum absolute atomic E-state index is 12.3. The van der Waals surface area contributed by atoms with Gasteiger partial charge in [0.05, 0.1) is 0 Å². The molecule has 0 saturated heterocycles. The minimum absolute atomic E-state index is 0.0240. The second-order valence-corrected chi connectivity index (χ2v) is 6.43. The van der Waals surface area contributed by atoms with E-state index in [1.165, 1.54) is 0 Å². The molecule has 20 heavy (non-hydrogen) atoms. The van der Waals surface area contributed by atoms with Crippen molar-refractivity contribution < 1.29 is 19.0 Å². The van der Waals surface area contributed by atoms with Gasteiger partial charge in [0.25, 0.3) is 0 Å². The third kappa shape index (κ3) is 1.71. The van der Waals surface area contributed by atoms with E-state index in [4.69, 9.17) is 14.2 Å². The molecule has 0 aromatic heterocycles. The first-order valence-corrected chi connectivity index (χ1v) is 6.87. The summed E-state index contributed by atoms with van der Waals surface area (Å²) in [7, 11) is 0. The average Bonchev–Trinajstić information content (AvgIpc) is 2.79. The molecule has 0 amide bonds. The Morgan fingerprint density at radius 3 is 2.60 bits per heavy atom. The molecule has 2 aliphatic heterocycles. The molecule has 1 aromatic carbocycles. The SMILES string of the molecule is CC1(C)CC(=O)C2=C(C1)Oc1cc3c(cc1C2)OCO3. The number of fused-ring (bicyclic) bond motifs is 2. The van der Waals surface area contributed by atoms with Gasteiger partial charge in [-0.2, -0.15) is 0 Å². The summed E-state index contributed by atoms with van der Waals surface area (Å²) < 4.78 is 16.7. The molecule has 0 atom stereocenters. The molecule has 0 bridgehead atoms. The van der Waals surface area contributed by atoms with Crippen LogP contribution in [-0.4, -0.2) is 12.6 Å². The molecule has 0 saturated carbocycles. The van der Waals surface area contributed by atoms with Gasteiger partial charge in [0.1, 0.15) is 11.5 Å². The monoisotopic (exact) mass is 272 g/mol. The van der Waals surface area contributed by atoms with Crippen molar-refractivity contribution >= 4 is 5.78 Å². The number of carbonyl (C=O) groups excluding carboxylic acids is 1. The zero-order valence-corrected chi connectivity index (χ0v) is 11.6. The lowest BCUT2D eigenvalue weighted by Crippen LogP contribution is -2.30. The molecule has 1 aromatic rings. The fourth-order valence-corrected chi connectivity index (χ4v) is 3.12. The first-order chi connectivity index (χ1) is 9.52. The Kier molecular flexibility index (Phi) is 2.23. The van der Waals surface area contributed by atoms with E-state index < -0.39 is 0 Å². The van der Waals surface area contributed by atoms with E-state index in [0.717, 1.165) is 34.8 Å². The lowest BCUT2D eigenvalue weighted by molar-refractivity contribution is -0.118. The van der Waals surface area contributed by atoms with E-state index in [-0.39, 0.29) is 18.0 Å². The van der Waals surface area contributed by atoms with Gasteiger partial charge in [-0.1, -0.05) is 13.8 Å². The minimum Gasteiger partial charge on any atom is -0.461 e. The van der Waals surface area contributed by atoms with Crippen LogP contribution in [0, 0.1) is 5.41 Å². The summed E-state index contributed by atoms with van der Waals surface area (Å²) in [5.74, 6) is 3.28. The Balaban J connectivity index is 1.75. The molecule has 2 heterocycles. The molecular weight excluding hydrogens is 256 g/mol. The van der Waals surface area contributed by atoms with E-state index in [2.05, 4.69) is 13.8 Å². The van der Waals surface area contributed by atoms with Crippen molar-refractivity contribution in [1.82, 2.24) is 0 Å². The molecule has 4 rings (SSSR count). The normalized spacial score (nSPS) is 22.2. The number of rotatable bonds is 0. The molecule has 4 heteroatoms. The molecule has 104 valence electrons. The summed E-state index contributed by atoms with van der Waals surface area (Å²) in [5, 5.41) is 0. The van der Waals surface area contributed by atoms with Gasteiger partial charge in [0.15, 0.2) is 17.3 Å². The molecule has 0 fully saturated rings. The van der Waals surface area contributed by atoms with Crippen molar-refractivity contribution in [2.45, 2.75) is 33.1 Å². The highest BCUT2D eigenvalue weighted by atomic mass is 16.7. The Bertz CT molecular complexity index is 655. The summed E-state index contributed by atoms with van der Waals surface area (Å²) in [6.07, 6.45) is 2.03. The molecule has 0 spiro atoms. The average molecular weight is 272 g/mol. The number of hydrogen-bond donors (Lipinski definition) is 0. The van der Waals surface area contributed by atoms with Crippen molar-refractivity contribution in [2.75, 3.05) is 6.79 Å². The highest BCUT2D eigenvalue weighted by Crippen LogP contribution is 2.46. The maximum Gasteiger partial charge on any atom is 0.231 e. The summed E-state index contributed by atoms with van der Waals surface area (Å²) in [5.41, 5.74) is 1.81. The van der Waals surface area contributed by atoms with Gasteiger partial charge < -0.3 is 14.2 Å². The zero-order valence-electron chi connectivity index (χ0n) is 11.6. The first-order valence-electron chi connectivity index (χ1n) is 6.87. The van der Waals surface area contributed by atoms with Crippen molar-refractivity contribution in [2.24, 2.45) is 5.41 Å². The van der Waals surface area contributed by atoms with E-state index in [9.17, 15) is 4.79 Å². The van der Waals surface area contributed by atoms with Crippen LogP contribution < -0.4 is 14.2 Å². The summed E-state index contributed by atoms with van der Waals surface area (Å²) in [6, 6.07) is 3.79. The largest absolute Gasteiger partial charge is 0.461 e. The van der Waals surface area contributed by atoms with E-state index in [1.807, 2.05) is 12.1 Å². The molecule has 4 nitrogen and oxygen atoms in total. The number of carbonyl (C=O) groups is 1. The minimum atomic E-state index is -0.0240. The number of ether oxygens (including phenoxy) is 3. The standard InChI is InChI=1S/C16H16O4/c1-16(2)6-11(17)10-3-9-4-13-14(19-8-18-13)5-12(9)20-15(10)7-16/h4-5H,3,6-8H2,1-2H3. The van der Waals surface area contributed by atoms with Crippen LogP contribution >= 0.6 is 0 Å². The maximum atomic E-state index is 12.3. The van der Waals surface area contributed by atoms with Gasteiger partial charge in [0.2, 0.25) is 6.79 Å². The lowest BCUT2D eigenvalue weighted by atomic mass is 9.74. The predicted octanol–water partition coefficient (Wildman–Crippen LogP) is 2.99. The van der Waals surface area contributed by atoms with E-state index in [1.54, 1.807) is 0 Å². The highest BCUT2D eigenvalue weighted by molar-refractivity contribution is 5.98. The van der Waals surface area contributed by atoms with Crippen LogP contribution in [0.15, 0.2) is 23.5 Å². The Morgan fingerprint density at radius 1 is 1.05 bits per heavy atom. The third-order valence-corrected chi connectivity index (χ3v) is 4.11. The first kappa shape index (κ1) is 11.8. The van der Waals surface area contributed by atoms with Gasteiger partial charge in [-0.25, -0.2) is 0 Å². The molecule has 1 aliphatic carbocycles. The van der Waals surface area contributed by atoms with Crippen LogP contribution in [0.2, 0.25) is 0 Å².